The lowest BCUT2D eigenvalue weighted by atomic mass is 10.0. The number of carbonyl (C=O) groups is 1. The fourth-order valence-electron chi connectivity index (χ4n) is 4.36. The average molecular weight is 524 g/mol. The van der Waals surface area contributed by atoms with Crippen LogP contribution in [0.5, 0.6) is 5.75 Å². The number of aromatic carboxylic acids is 1. The molecule has 31 heavy (non-hydrogen) atoms. The summed E-state index contributed by atoms with van der Waals surface area (Å²) < 4.78 is 2.64. The maximum atomic E-state index is 12.5. The van der Waals surface area contributed by atoms with Crippen LogP contribution in [-0.2, 0) is 18.8 Å². The van der Waals surface area contributed by atoms with Crippen molar-refractivity contribution >= 4 is 56.2 Å². The number of hydrogen-bond acceptors (Lipinski definition) is 4. The molecular formula is C23H24BrClN2O3S. The van der Waals surface area contributed by atoms with Crippen LogP contribution in [0.3, 0.4) is 0 Å². The third-order valence-corrected chi connectivity index (χ3v) is 7.62. The Morgan fingerprint density at radius 1 is 1.26 bits per heavy atom. The molecule has 0 spiro atoms. The molecule has 5 nitrogen and oxygen atoms in total. The van der Waals surface area contributed by atoms with Crippen molar-refractivity contribution in [1.82, 2.24) is 9.47 Å². The lowest BCUT2D eigenvalue weighted by Crippen LogP contribution is -2.19. The summed E-state index contributed by atoms with van der Waals surface area (Å²) in [6, 6.07) is 9.40. The Hall–Kier alpha value is -1.67. The van der Waals surface area contributed by atoms with Gasteiger partial charge in [0.2, 0.25) is 0 Å². The molecule has 4 rings (SSSR count). The number of likely N-dealkylation sites (tertiary alicyclic amines) is 1. The van der Waals surface area contributed by atoms with E-state index in [1.54, 1.807) is 11.8 Å². The van der Waals surface area contributed by atoms with E-state index in [0.29, 0.717) is 39.3 Å². The molecule has 0 bridgehead atoms. The molecule has 1 aliphatic rings. The molecule has 1 aromatic heterocycles. The molecule has 0 saturated carbocycles. The lowest BCUT2D eigenvalue weighted by molar-refractivity contribution is 0.0697. The number of carboxylic acid groups (broad SMARTS) is 1. The monoisotopic (exact) mass is 522 g/mol. The number of hydrogen-bond donors (Lipinski definition) is 2. The zero-order chi connectivity index (χ0) is 22.1. The first-order chi connectivity index (χ1) is 14.9. The van der Waals surface area contributed by atoms with Crippen molar-refractivity contribution in [3.63, 3.8) is 0 Å². The number of thioether (sulfide) groups is 1. The van der Waals surface area contributed by atoms with Crippen LogP contribution in [0.15, 0.2) is 39.7 Å². The van der Waals surface area contributed by atoms with Gasteiger partial charge < -0.3 is 14.8 Å². The van der Waals surface area contributed by atoms with E-state index in [0.717, 1.165) is 42.0 Å². The number of nitrogens with zero attached hydrogens (tertiary/aromatic N) is 2. The van der Waals surface area contributed by atoms with Gasteiger partial charge in [-0.15, -0.1) is 11.8 Å². The van der Waals surface area contributed by atoms with Crippen LogP contribution in [0.2, 0.25) is 5.02 Å². The Bertz CT molecular complexity index is 1140. The molecule has 0 unspecified atom stereocenters. The fraction of sp³-hybridized carbons (Fsp3) is 0.348. The summed E-state index contributed by atoms with van der Waals surface area (Å²) in [5.41, 5.74) is 2.55. The molecule has 2 heterocycles. The maximum Gasteiger partial charge on any atom is 0.338 e. The van der Waals surface area contributed by atoms with Gasteiger partial charge in [-0.25, -0.2) is 4.79 Å². The van der Waals surface area contributed by atoms with Gasteiger partial charge in [-0.2, -0.15) is 0 Å². The van der Waals surface area contributed by atoms with Crippen molar-refractivity contribution in [1.29, 1.82) is 0 Å². The fourth-order valence-corrected chi connectivity index (χ4v) is 6.06. The van der Waals surface area contributed by atoms with E-state index in [2.05, 4.69) is 20.8 Å². The van der Waals surface area contributed by atoms with Gasteiger partial charge in [0, 0.05) is 45.4 Å². The highest BCUT2D eigenvalue weighted by Crippen LogP contribution is 2.41. The first-order valence-corrected chi connectivity index (χ1v) is 12.5. The molecule has 8 heteroatoms. The van der Waals surface area contributed by atoms with Crippen LogP contribution >= 0.6 is 39.3 Å². The number of fused-ring (bicyclic) bond motifs is 1. The first-order valence-electron chi connectivity index (χ1n) is 10.3. The van der Waals surface area contributed by atoms with Crippen molar-refractivity contribution < 1.29 is 15.0 Å². The van der Waals surface area contributed by atoms with E-state index < -0.39 is 5.97 Å². The maximum absolute atomic E-state index is 12.5. The molecule has 0 radical (unpaired) electrons. The van der Waals surface area contributed by atoms with Crippen molar-refractivity contribution in [2.75, 3.05) is 13.1 Å². The smallest absolute Gasteiger partial charge is 0.338 e. The third kappa shape index (κ3) is 4.46. The second-order valence-electron chi connectivity index (χ2n) is 7.68. The van der Waals surface area contributed by atoms with Gasteiger partial charge in [0.1, 0.15) is 5.75 Å². The second-order valence-corrected chi connectivity index (χ2v) is 10.0. The Kier molecular flexibility index (Phi) is 6.86. The second kappa shape index (κ2) is 9.45. The third-order valence-electron chi connectivity index (χ3n) is 5.77. The van der Waals surface area contributed by atoms with Crippen molar-refractivity contribution in [2.24, 2.45) is 0 Å². The molecule has 2 aromatic carbocycles. The van der Waals surface area contributed by atoms with Gasteiger partial charge in [-0.3, -0.25) is 4.90 Å². The summed E-state index contributed by atoms with van der Waals surface area (Å²) in [7, 11) is 0. The van der Waals surface area contributed by atoms with Crippen molar-refractivity contribution in [3.8, 4) is 5.75 Å². The highest BCUT2D eigenvalue weighted by Gasteiger charge is 2.28. The minimum atomic E-state index is -0.969. The molecule has 0 aliphatic carbocycles. The largest absolute Gasteiger partial charge is 0.506 e. The Morgan fingerprint density at radius 2 is 2.00 bits per heavy atom. The van der Waals surface area contributed by atoms with Gasteiger partial charge in [0.25, 0.3) is 0 Å². The molecule has 0 atom stereocenters. The van der Waals surface area contributed by atoms with Crippen molar-refractivity contribution in [3.05, 3.63) is 56.6 Å². The van der Waals surface area contributed by atoms with Crippen LogP contribution in [0.25, 0.3) is 10.9 Å². The summed E-state index contributed by atoms with van der Waals surface area (Å²) >= 11 is 11.2. The number of halogens is 2. The van der Waals surface area contributed by atoms with Gasteiger partial charge in [-0.05, 0) is 73.1 Å². The number of aromatic hydroxyl groups is 1. The zero-order valence-electron chi connectivity index (χ0n) is 17.2. The lowest BCUT2D eigenvalue weighted by Gasteiger charge is -2.18. The van der Waals surface area contributed by atoms with Gasteiger partial charge in [0.05, 0.1) is 15.6 Å². The molecule has 1 aliphatic heterocycles. The molecule has 0 amide bonds. The number of carboxylic acids is 1. The van der Waals surface area contributed by atoms with E-state index in [1.165, 1.54) is 0 Å². The van der Waals surface area contributed by atoms with Crippen LogP contribution in [-0.4, -0.2) is 38.7 Å². The quantitative estimate of drug-likeness (QED) is 0.352. The highest BCUT2D eigenvalue weighted by molar-refractivity contribution is 9.10. The molecule has 3 aromatic rings. The number of phenols is 1. The zero-order valence-corrected chi connectivity index (χ0v) is 20.4. The Labute approximate surface area is 199 Å². The average Bonchev–Trinajstić information content (AvgIpc) is 3.35. The van der Waals surface area contributed by atoms with Gasteiger partial charge in [0.15, 0.2) is 0 Å². The van der Waals surface area contributed by atoms with E-state index in [9.17, 15) is 15.0 Å². The van der Waals surface area contributed by atoms with E-state index in [1.807, 2.05) is 41.8 Å². The predicted molar refractivity (Wildman–Crippen MR) is 129 cm³/mol. The number of aromatic nitrogens is 1. The van der Waals surface area contributed by atoms with Crippen molar-refractivity contribution in [2.45, 2.75) is 43.5 Å². The van der Waals surface area contributed by atoms with E-state index in [-0.39, 0.29) is 11.3 Å². The summed E-state index contributed by atoms with van der Waals surface area (Å²) in [5.74, 6) is -0.348. The summed E-state index contributed by atoms with van der Waals surface area (Å²) in [4.78, 5) is 15.7. The first kappa shape index (κ1) is 22.5. The number of benzene rings is 2. The molecule has 1 saturated heterocycles. The summed E-state index contributed by atoms with van der Waals surface area (Å²) in [5, 5.41) is 22.4. The minimum Gasteiger partial charge on any atom is -0.506 e. The Balaban J connectivity index is 1.86. The summed E-state index contributed by atoms with van der Waals surface area (Å²) in [6.07, 6.45) is 2.25. The van der Waals surface area contributed by atoms with Crippen LogP contribution in [0, 0.1) is 0 Å². The van der Waals surface area contributed by atoms with E-state index in [4.69, 9.17) is 11.6 Å². The van der Waals surface area contributed by atoms with Crippen LogP contribution in [0.1, 0.15) is 41.4 Å². The number of aryl methyl sites for hydroxylation is 1. The standard InChI is InChI=1S/C23H24BrClN2O3S/c1-2-27-18-11-17(24)22(28)16(12-26-8-3-4-9-26)20(18)21(23(29)30)19(27)13-31-15-7-5-6-14(25)10-15/h5-7,10-11,28H,2-4,8-9,12-13H2,1H3,(H,29,30). The van der Waals surface area contributed by atoms with Crippen LogP contribution in [0.4, 0.5) is 0 Å². The normalized spacial score (nSPS) is 14.5. The molecule has 164 valence electrons. The highest BCUT2D eigenvalue weighted by atomic mass is 79.9. The number of phenolic OH excluding ortho intramolecular Hbond substituents is 1. The topological polar surface area (TPSA) is 65.7 Å². The molecular weight excluding hydrogens is 500 g/mol. The number of rotatable bonds is 7. The van der Waals surface area contributed by atoms with Crippen LogP contribution < -0.4 is 0 Å². The Morgan fingerprint density at radius 3 is 2.65 bits per heavy atom. The summed E-state index contributed by atoms with van der Waals surface area (Å²) in [6.45, 7) is 5.11. The SMILES string of the molecule is CCn1c(CSc2cccc(Cl)c2)c(C(=O)O)c2c(CN3CCCC3)c(O)c(Br)cc21. The predicted octanol–water partition coefficient (Wildman–Crippen LogP) is 6.37. The van der Waals surface area contributed by atoms with Gasteiger partial charge >= 0.3 is 5.97 Å². The molecule has 1 fully saturated rings. The minimum absolute atomic E-state index is 0.129. The molecule has 2 N–H and O–H groups in total. The van der Waals surface area contributed by atoms with Gasteiger partial charge in [-0.1, -0.05) is 17.7 Å². The van der Waals surface area contributed by atoms with E-state index >= 15 is 0 Å².